The fourth-order valence-electron chi connectivity index (χ4n) is 2.86. The monoisotopic (exact) mass is 350 g/mol. The van der Waals surface area contributed by atoms with E-state index in [1.54, 1.807) is 4.52 Å². The van der Waals surface area contributed by atoms with Crippen LogP contribution in [0.4, 0.5) is 0 Å². The van der Waals surface area contributed by atoms with E-state index in [1.807, 2.05) is 51.1 Å². The van der Waals surface area contributed by atoms with Crippen molar-refractivity contribution < 1.29 is 9.53 Å². The smallest absolute Gasteiger partial charge is 0.281 e. The molecule has 132 valence electrons. The molecule has 1 aliphatic heterocycles. The van der Waals surface area contributed by atoms with Crippen molar-refractivity contribution in [3.8, 4) is 0 Å². The van der Waals surface area contributed by atoms with E-state index >= 15 is 0 Å². The lowest BCUT2D eigenvalue weighted by molar-refractivity contribution is -0.135. The lowest BCUT2D eigenvalue weighted by Gasteiger charge is -2.19. The zero-order valence-corrected chi connectivity index (χ0v) is 15.0. The third-order valence-corrected chi connectivity index (χ3v) is 4.14. The van der Waals surface area contributed by atoms with Gasteiger partial charge in [0.2, 0.25) is 18.0 Å². The zero-order valence-electron chi connectivity index (χ0n) is 15.0. The van der Waals surface area contributed by atoms with E-state index in [0.717, 1.165) is 22.5 Å². The second-order valence-corrected chi connectivity index (χ2v) is 6.34. The summed E-state index contributed by atoms with van der Waals surface area (Å²) in [5.74, 6) is 0.747. The SMILES string of the molecule is CC(=O)N1N=C(c2nc3nc(C)cc(C)n3n2)O[C@@H]1c1ccc(C)cc1. The highest BCUT2D eigenvalue weighted by atomic mass is 16.5. The van der Waals surface area contributed by atoms with E-state index in [2.05, 4.69) is 20.2 Å². The minimum atomic E-state index is -0.634. The zero-order chi connectivity index (χ0) is 18.4. The van der Waals surface area contributed by atoms with Gasteiger partial charge in [0.1, 0.15) is 0 Å². The van der Waals surface area contributed by atoms with Gasteiger partial charge in [-0.25, -0.2) is 9.50 Å². The van der Waals surface area contributed by atoms with E-state index in [1.165, 1.54) is 11.9 Å². The number of aryl methyl sites for hydroxylation is 3. The predicted octanol–water partition coefficient (Wildman–Crippen LogP) is 2.29. The quantitative estimate of drug-likeness (QED) is 0.708. The number of ether oxygens (including phenoxy) is 1. The lowest BCUT2D eigenvalue weighted by atomic mass is 10.1. The minimum absolute atomic E-state index is 0.202. The summed E-state index contributed by atoms with van der Waals surface area (Å²) in [6.45, 7) is 7.27. The van der Waals surface area contributed by atoms with Gasteiger partial charge in [-0.05, 0) is 26.8 Å². The number of carbonyl (C=O) groups is 1. The molecule has 0 saturated carbocycles. The normalized spacial score (nSPS) is 16.7. The Hall–Kier alpha value is -3.29. The molecular weight excluding hydrogens is 332 g/mol. The van der Waals surface area contributed by atoms with Gasteiger partial charge in [-0.3, -0.25) is 4.79 Å². The summed E-state index contributed by atoms with van der Waals surface area (Å²) in [6.07, 6.45) is -0.634. The first kappa shape index (κ1) is 16.2. The molecule has 1 amide bonds. The summed E-state index contributed by atoms with van der Waals surface area (Å²) in [4.78, 5) is 20.8. The van der Waals surface area contributed by atoms with E-state index < -0.39 is 6.23 Å². The van der Waals surface area contributed by atoms with Gasteiger partial charge < -0.3 is 4.74 Å². The number of rotatable bonds is 2. The van der Waals surface area contributed by atoms with Crippen molar-refractivity contribution in [3.05, 3.63) is 58.7 Å². The fourth-order valence-corrected chi connectivity index (χ4v) is 2.86. The van der Waals surface area contributed by atoms with Gasteiger partial charge in [-0.1, -0.05) is 29.8 Å². The Labute approximate surface area is 150 Å². The summed E-state index contributed by atoms with van der Waals surface area (Å²) < 4.78 is 7.57. The van der Waals surface area contributed by atoms with Crippen LogP contribution in [0.3, 0.4) is 0 Å². The van der Waals surface area contributed by atoms with Crippen molar-refractivity contribution in [2.24, 2.45) is 5.10 Å². The molecule has 2 aromatic heterocycles. The Bertz CT molecular complexity index is 1040. The Balaban J connectivity index is 1.73. The maximum Gasteiger partial charge on any atom is 0.281 e. The number of nitrogens with zero attached hydrogens (tertiary/aromatic N) is 6. The van der Waals surface area contributed by atoms with E-state index in [0.29, 0.717) is 11.6 Å². The predicted molar refractivity (Wildman–Crippen MR) is 94.3 cm³/mol. The molecule has 0 fully saturated rings. The summed E-state index contributed by atoms with van der Waals surface area (Å²) in [7, 11) is 0. The molecule has 1 atom stereocenters. The number of benzene rings is 1. The van der Waals surface area contributed by atoms with Crippen LogP contribution in [0.1, 0.15) is 41.5 Å². The molecule has 1 aliphatic rings. The fraction of sp³-hybridized carbons (Fsp3) is 0.278. The summed E-state index contributed by atoms with van der Waals surface area (Å²) in [6, 6.07) is 9.68. The Morgan fingerprint density at radius 1 is 1.12 bits per heavy atom. The number of fused-ring (bicyclic) bond motifs is 1. The molecule has 8 nitrogen and oxygen atoms in total. The van der Waals surface area contributed by atoms with Crippen LogP contribution < -0.4 is 0 Å². The molecule has 8 heteroatoms. The molecule has 26 heavy (non-hydrogen) atoms. The van der Waals surface area contributed by atoms with E-state index in [4.69, 9.17) is 4.74 Å². The number of aromatic nitrogens is 4. The standard InChI is InChI=1S/C18H18N6O2/c1-10-5-7-14(8-6-10)17-24(13(4)25)22-16(26-17)15-20-18-19-11(2)9-12(3)23(18)21-15/h5-9,17H,1-4H3/t17-/m1/s1. The molecule has 1 aromatic carbocycles. The van der Waals surface area contributed by atoms with Crippen molar-refractivity contribution >= 4 is 17.6 Å². The first-order chi connectivity index (χ1) is 12.4. The van der Waals surface area contributed by atoms with Crippen molar-refractivity contribution in [1.82, 2.24) is 24.6 Å². The number of hydrazone groups is 1. The summed E-state index contributed by atoms with van der Waals surface area (Å²) in [5, 5.41) is 10.0. The lowest BCUT2D eigenvalue weighted by Crippen LogP contribution is -2.25. The molecule has 3 heterocycles. The molecule has 0 aliphatic carbocycles. The van der Waals surface area contributed by atoms with Crippen LogP contribution in [0.2, 0.25) is 0 Å². The molecule has 0 bridgehead atoms. The van der Waals surface area contributed by atoms with E-state index in [-0.39, 0.29) is 11.8 Å². The van der Waals surface area contributed by atoms with Crippen molar-refractivity contribution in [1.29, 1.82) is 0 Å². The van der Waals surface area contributed by atoms with Crippen LogP contribution in [0, 0.1) is 20.8 Å². The van der Waals surface area contributed by atoms with Crippen molar-refractivity contribution in [2.75, 3.05) is 0 Å². The highest BCUT2D eigenvalue weighted by Gasteiger charge is 2.34. The maximum atomic E-state index is 12.0. The molecule has 3 aromatic rings. The van der Waals surface area contributed by atoms with Crippen LogP contribution >= 0.6 is 0 Å². The highest BCUT2D eigenvalue weighted by molar-refractivity contribution is 5.93. The van der Waals surface area contributed by atoms with Crippen LogP contribution in [0.15, 0.2) is 35.4 Å². The van der Waals surface area contributed by atoms with Crippen molar-refractivity contribution in [2.45, 2.75) is 33.9 Å². The first-order valence-electron chi connectivity index (χ1n) is 8.25. The number of carbonyl (C=O) groups excluding carboxylic acids is 1. The third kappa shape index (κ3) is 2.69. The number of hydrogen-bond donors (Lipinski definition) is 0. The molecule has 0 saturated heterocycles. The average molecular weight is 350 g/mol. The Morgan fingerprint density at radius 3 is 2.54 bits per heavy atom. The van der Waals surface area contributed by atoms with Crippen LogP contribution in [-0.2, 0) is 9.53 Å². The number of hydrogen-bond acceptors (Lipinski definition) is 6. The topological polar surface area (TPSA) is 85.0 Å². The van der Waals surface area contributed by atoms with Crippen LogP contribution in [-0.4, -0.2) is 36.4 Å². The maximum absolute atomic E-state index is 12.0. The van der Waals surface area contributed by atoms with Crippen LogP contribution in [0.25, 0.3) is 5.78 Å². The molecule has 0 N–H and O–H groups in total. The van der Waals surface area contributed by atoms with Gasteiger partial charge in [-0.2, -0.15) is 9.99 Å². The minimum Gasteiger partial charge on any atom is -0.443 e. The molecular formula is C18H18N6O2. The molecule has 4 rings (SSSR count). The van der Waals surface area contributed by atoms with Gasteiger partial charge in [0, 0.05) is 23.9 Å². The van der Waals surface area contributed by atoms with Gasteiger partial charge >= 0.3 is 0 Å². The van der Waals surface area contributed by atoms with Gasteiger partial charge in [0.05, 0.1) is 0 Å². The Kier molecular flexibility index (Phi) is 3.68. The first-order valence-corrected chi connectivity index (χ1v) is 8.25. The van der Waals surface area contributed by atoms with Gasteiger partial charge in [0.15, 0.2) is 0 Å². The second kappa shape index (κ2) is 5.91. The van der Waals surface area contributed by atoms with Crippen LogP contribution in [0.5, 0.6) is 0 Å². The largest absolute Gasteiger partial charge is 0.443 e. The Morgan fingerprint density at radius 2 is 1.85 bits per heavy atom. The molecule has 0 spiro atoms. The van der Waals surface area contributed by atoms with Gasteiger partial charge in [0.25, 0.3) is 11.7 Å². The van der Waals surface area contributed by atoms with Gasteiger partial charge in [-0.15, -0.1) is 10.2 Å². The molecule has 0 unspecified atom stereocenters. The third-order valence-electron chi connectivity index (χ3n) is 4.14. The van der Waals surface area contributed by atoms with E-state index in [9.17, 15) is 4.79 Å². The summed E-state index contributed by atoms with van der Waals surface area (Å²) in [5.41, 5.74) is 3.72. The molecule has 0 radical (unpaired) electrons. The second-order valence-electron chi connectivity index (χ2n) is 6.34. The summed E-state index contributed by atoms with van der Waals surface area (Å²) >= 11 is 0. The highest BCUT2D eigenvalue weighted by Crippen LogP contribution is 2.29. The number of amides is 1. The van der Waals surface area contributed by atoms with Crippen molar-refractivity contribution in [3.63, 3.8) is 0 Å². The average Bonchev–Trinajstić information content (AvgIpc) is 3.19.